The summed E-state index contributed by atoms with van der Waals surface area (Å²) in [7, 11) is -11.3. The number of carbonyl (C=O) groups excluding carboxylic acids is 3. The molecule has 3 heterocycles. The first kappa shape index (κ1) is 77.6. The number of urea groups is 3. The molecule has 15 rings (SSSR count). The van der Waals surface area contributed by atoms with E-state index in [4.69, 9.17) is 42.3 Å². The van der Waals surface area contributed by atoms with Gasteiger partial charge in [-0.2, -0.15) is 15.3 Å². The second kappa shape index (κ2) is 35.4. The number of hydrogen-bond acceptors (Lipinski definition) is 12. The molecule has 0 spiro atoms. The molecule has 5 fully saturated rings. The lowest BCUT2D eigenvalue weighted by atomic mass is 9.53. The molecule has 6 amide bonds. The van der Waals surface area contributed by atoms with Crippen molar-refractivity contribution in [3.8, 4) is 50.8 Å². The van der Waals surface area contributed by atoms with Gasteiger partial charge in [0.2, 0.25) is 30.1 Å². The van der Waals surface area contributed by atoms with Crippen molar-refractivity contribution < 1.29 is 39.6 Å². The minimum atomic E-state index is -3.78. The molecule has 0 saturated heterocycles. The van der Waals surface area contributed by atoms with Crippen LogP contribution in [0.4, 0.5) is 20.1 Å². The Bertz CT molecular complexity index is 5010. The molecular weight excluding hydrogens is 1450 g/mol. The zero-order chi connectivity index (χ0) is 75.8. The molecule has 7 aromatic carbocycles. The Morgan fingerprint density at radius 1 is 0.426 bits per heavy atom. The van der Waals surface area contributed by atoms with Crippen LogP contribution in [0.1, 0.15) is 113 Å². The molecule has 24 nitrogen and oxygen atoms in total. The zero-order valence-electron chi connectivity index (χ0n) is 60.0. The zero-order valence-corrected chi connectivity index (χ0v) is 63.2. The maximum Gasteiger partial charge on any atom is 0.319 e. The van der Waals surface area contributed by atoms with Crippen molar-refractivity contribution >= 4 is 65.5 Å². The van der Waals surface area contributed by atoms with Gasteiger partial charge in [0.05, 0.1) is 65.9 Å². The molecule has 5 aliphatic rings. The van der Waals surface area contributed by atoms with Crippen LogP contribution in [0, 0.1) is 17.8 Å². The van der Waals surface area contributed by atoms with E-state index in [1.165, 1.54) is 81.3 Å². The summed E-state index contributed by atoms with van der Waals surface area (Å²) in [4.78, 5) is 37.3. The number of nitrogens with two attached hydrogens (primary N) is 3. The third kappa shape index (κ3) is 21.2. The number of carbonyl (C=O) groups is 3. The van der Waals surface area contributed by atoms with Gasteiger partial charge in [-0.15, -0.1) is 0 Å². The summed E-state index contributed by atoms with van der Waals surface area (Å²) >= 11 is 5.86. The first-order chi connectivity index (χ1) is 52.0. The van der Waals surface area contributed by atoms with Crippen LogP contribution >= 0.6 is 11.6 Å². The highest BCUT2D eigenvalue weighted by Crippen LogP contribution is 2.55. The summed E-state index contributed by atoms with van der Waals surface area (Å²) in [5.41, 5.74) is 11.2. The first-order valence-corrected chi connectivity index (χ1v) is 41.7. The van der Waals surface area contributed by atoms with Crippen molar-refractivity contribution in [2.75, 3.05) is 25.0 Å². The normalized spacial score (nSPS) is 17.6. The van der Waals surface area contributed by atoms with E-state index in [2.05, 4.69) is 38.0 Å². The average molecular weight is 1540 g/mol. The van der Waals surface area contributed by atoms with E-state index in [0.717, 1.165) is 125 Å². The summed E-state index contributed by atoms with van der Waals surface area (Å²) < 4.78 is 75.2. The fraction of sp³-hybridized carbons (Fsp3) is 0.325. The summed E-state index contributed by atoms with van der Waals surface area (Å²) in [6.07, 6.45) is 18.8. The number of aryl methyl sites for hydroxylation is 3. The second-order valence-electron chi connectivity index (χ2n) is 28.4. The van der Waals surface area contributed by atoms with Gasteiger partial charge in [-0.1, -0.05) is 128 Å². The van der Waals surface area contributed by atoms with E-state index in [1.807, 2.05) is 112 Å². The van der Waals surface area contributed by atoms with E-state index >= 15 is 0 Å². The van der Waals surface area contributed by atoms with E-state index in [-0.39, 0.29) is 44.4 Å². The van der Waals surface area contributed by atoms with Crippen molar-refractivity contribution in [2.45, 2.75) is 142 Å². The van der Waals surface area contributed by atoms with Gasteiger partial charge in [0.25, 0.3) is 0 Å². The van der Waals surface area contributed by atoms with Crippen molar-refractivity contribution in [1.82, 2.24) is 55.9 Å². The number of sulfonamides is 3. The fourth-order valence-electron chi connectivity index (χ4n) is 15.4. The molecule has 0 unspecified atom stereocenters. The van der Waals surface area contributed by atoms with Crippen molar-refractivity contribution in [3.05, 3.63) is 228 Å². The largest absolute Gasteiger partial charge is 0.338 e. The number of rotatable bonds is 24. The molecule has 5 aliphatic carbocycles. The fourth-order valence-corrected chi connectivity index (χ4v) is 17.0. The Morgan fingerprint density at radius 3 is 1.10 bits per heavy atom. The van der Waals surface area contributed by atoms with Crippen molar-refractivity contribution in [2.24, 2.45) is 33.2 Å². The smallest absolute Gasteiger partial charge is 0.319 e. The lowest BCUT2D eigenvalue weighted by Gasteiger charge is -2.56. The molecular formula is C80H92ClN15O9S3. The lowest BCUT2D eigenvalue weighted by Crippen LogP contribution is -2.61. The Balaban J connectivity index is 0.000000152. The van der Waals surface area contributed by atoms with Crippen LogP contribution in [0.2, 0.25) is 5.02 Å². The number of halogens is 1. The maximum atomic E-state index is 12.8. The van der Waals surface area contributed by atoms with Gasteiger partial charge in [0.15, 0.2) is 0 Å². The number of aromatic nitrogens is 6. The monoisotopic (exact) mass is 1540 g/mol. The molecule has 28 heteroatoms. The van der Waals surface area contributed by atoms with Crippen LogP contribution in [-0.4, -0.2) is 104 Å². The minimum Gasteiger partial charge on any atom is -0.338 e. The molecule has 566 valence electrons. The minimum absolute atomic E-state index is 0.0149. The number of amides is 6. The van der Waals surface area contributed by atoms with Gasteiger partial charge in [0, 0.05) is 58.6 Å². The first-order valence-electron chi connectivity index (χ1n) is 36.7. The molecule has 0 aliphatic heterocycles. The number of anilines is 1. The highest BCUT2D eigenvalue weighted by Gasteiger charge is 2.51. The van der Waals surface area contributed by atoms with Crippen LogP contribution in [-0.2, 0) is 49.3 Å². The topological polar surface area (TPSA) is 357 Å². The number of nitrogens with zero attached hydrogens (tertiary/aromatic N) is 6. The summed E-state index contributed by atoms with van der Waals surface area (Å²) in [6.45, 7) is 1.61. The summed E-state index contributed by atoms with van der Waals surface area (Å²) in [5.74, 6) is 2.39. The molecule has 0 radical (unpaired) electrons. The highest BCUT2D eigenvalue weighted by molar-refractivity contribution is 7.89. The third-order valence-electron chi connectivity index (χ3n) is 20.1. The Kier molecular flexibility index (Phi) is 25.4. The van der Waals surface area contributed by atoms with Crippen LogP contribution in [0.25, 0.3) is 50.8 Å². The maximum absolute atomic E-state index is 12.8. The highest BCUT2D eigenvalue weighted by atomic mass is 35.5. The molecule has 108 heavy (non-hydrogen) atoms. The van der Waals surface area contributed by atoms with Crippen molar-refractivity contribution in [1.29, 1.82) is 0 Å². The predicted octanol–water partition coefficient (Wildman–Crippen LogP) is 13.1. The molecule has 0 atom stereocenters. The molecule has 5 saturated carbocycles. The predicted molar refractivity (Wildman–Crippen MR) is 420 cm³/mol. The van der Waals surface area contributed by atoms with Crippen LogP contribution in [0.3, 0.4) is 0 Å². The van der Waals surface area contributed by atoms with Crippen LogP contribution in [0.5, 0.6) is 0 Å². The summed E-state index contributed by atoms with van der Waals surface area (Å²) in [6, 6.07) is 61.5. The van der Waals surface area contributed by atoms with Gasteiger partial charge < -0.3 is 31.9 Å². The van der Waals surface area contributed by atoms with Gasteiger partial charge in [0.1, 0.15) is 0 Å². The van der Waals surface area contributed by atoms with Crippen LogP contribution in [0.15, 0.2) is 221 Å². The van der Waals surface area contributed by atoms with E-state index in [9.17, 15) is 39.6 Å². The Hall–Kier alpha value is -10.0. The Morgan fingerprint density at radius 2 is 0.759 bits per heavy atom. The SMILES string of the molecule is NS(=O)(=O)c1ccc(-n2nc(CCCNC(=O)NC34CC5CC(CC(C5)C3)C4)cc2-c2ccccc2)cc1.NS(=O)(=O)c1ccc(-n2nc(CCCNC(=O)NC3CCCCCC3)cc2-c2ccccc2)cc1.NS(=O)(=O)c1ccc(-n2nc(CCCNC(=O)Nc3ccc(Cl)cc3)cc2-c2ccccc2)cc1. The van der Waals surface area contributed by atoms with Crippen LogP contribution < -0.4 is 47.3 Å². The number of nitrogens with one attached hydrogen (secondary N) is 6. The van der Waals surface area contributed by atoms with Gasteiger partial charge in [-0.05, 0) is 223 Å². The average Bonchev–Trinajstić information content (AvgIpc) is 1.05. The number of hydrogen-bond donors (Lipinski definition) is 9. The summed E-state index contributed by atoms with van der Waals surface area (Å²) in [5, 5.41) is 48.8. The quantitative estimate of drug-likeness (QED) is 0.0201. The molecule has 12 N–H and O–H groups in total. The third-order valence-corrected chi connectivity index (χ3v) is 23.2. The van der Waals surface area contributed by atoms with E-state index in [0.29, 0.717) is 61.7 Å². The van der Waals surface area contributed by atoms with E-state index in [1.54, 1.807) is 65.3 Å². The number of benzene rings is 7. The lowest BCUT2D eigenvalue weighted by molar-refractivity contribution is -0.0135. The number of primary sulfonamides is 3. The van der Waals surface area contributed by atoms with Gasteiger partial charge in [-0.3, -0.25) is 0 Å². The molecule has 3 aromatic heterocycles. The van der Waals surface area contributed by atoms with Gasteiger partial charge in [-0.25, -0.2) is 69.1 Å². The second-order valence-corrected chi connectivity index (χ2v) is 33.5. The Labute approximate surface area is 636 Å². The van der Waals surface area contributed by atoms with Crippen molar-refractivity contribution in [3.63, 3.8) is 0 Å². The molecule has 4 bridgehead atoms. The molecule has 10 aromatic rings. The van der Waals surface area contributed by atoms with Gasteiger partial charge >= 0.3 is 18.1 Å². The standard InChI is InChI=1S/C29H35N5O3S.C26H33N5O3S.C25H24ClN5O3S/c30-38(36,37)26-10-8-25(9-11-26)34-27(23-5-2-1-3-6-23)16-24(33-34)7-4-12-31-28(35)32-29-17-20-13-21(18-29)15-22(14-20)19-29;27-35(33,34)24-16-14-23(15-17-24)31-25(20-9-4-3-5-10-20)19-22(30-31)13-8-18-28-26(32)29-21-11-6-1-2-7-12-21;26-19-8-10-20(11-9-19)29-25(32)28-16-4-7-21-17-24(18-5-2-1-3-6-18)31(30-21)22-12-14-23(15-13-22)35(27,33)34/h1-3,5-6,8-11,16,20-22H,4,7,12-15,17-19H2,(H2,30,36,37)(H2,31,32,35);3-5,9-10,14-17,19,21H,1-2,6-8,11-13,18H2,(H2,27,33,34)(H2,28,29,32);1-3,5-6,8-15,17H,4,7,16H2,(H2,27,33,34)(H2,28,29,32). The van der Waals surface area contributed by atoms with E-state index < -0.39 is 30.1 Å².